The maximum atomic E-state index is 14.2. The van der Waals surface area contributed by atoms with Crippen molar-refractivity contribution in [3.63, 3.8) is 0 Å². The highest BCUT2D eigenvalue weighted by Crippen LogP contribution is 2.23. The van der Waals surface area contributed by atoms with Crippen LogP contribution in [0.15, 0.2) is 47.7 Å². The fraction of sp³-hybridized carbons (Fsp3) is 0.133. The zero-order chi connectivity index (χ0) is 15.2. The molecule has 1 aromatic carbocycles. The molecule has 0 aliphatic rings. The van der Waals surface area contributed by atoms with Crippen LogP contribution in [-0.2, 0) is 4.74 Å². The number of carbonyl (C=O) groups is 1. The molecule has 0 bridgehead atoms. The molecule has 6 heteroatoms. The van der Waals surface area contributed by atoms with E-state index in [0.717, 1.165) is 5.56 Å². The molecule has 2 N–H and O–H groups in total. The third-order valence-corrected chi connectivity index (χ3v) is 2.91. The Hall–Kier alpha value is -2.76. The second kappa shape index (κ2) is 6.60. The molecule has 0 spiro atoms. The van der Waals surface area contributed by atoms with Gasteiger partial charge in [-0.3, -0.25) is 9.98 Å². The lowest BCUT2D eigenvalue weighted by atomic mass is 10.0. The average Bonchev–Trinajstić information content (AvgIpc) is 2.48. The summed E-state index contributed by atoms with van der Waals surface area (Å²) in [6, 6.07) is 8.16. The van der Waals surface area contributed by atoms with Gasteiger partial charge in [0.2, 0.25) is 0 Å². The summed E-state index contributed by atoms with van der Waals surface area (Å²) in [5.74, 6) is -0.390. The number of ether oxygens (including phenoxy) is 1. The minimum absolute atomic E-state index is 0.0973. The van der Waals surface area contributed by atoms with Crippen molar-refractivity contribution in [2.45, 2.75) is 0 Å². The van der Waals surface area contributed by atoms with Crippen molar-refractivity contribution in [3.8, 4) is 11.1 Å². The normalized spacial score (nSPS) is 11.2. The molecule has 1 amide bonds. The molecule has 0 radical (unpaired) electrons. The van der Waals surface area contributed by atoms with Gasteiger partial charge in [0, 0.05) is 30.6 Å². The van der Waals surface area contributed by atoms with Crippen molar-refractivity contribution in [1.82, 2.24) is 4.98 Å². The Balaban J connectivity index is 2.28. The number of aliphatic imine (C=N–C) groups is 1. The zero-order valence-electron chi connectivity index (χ0n) is 11.4. The molecule has 2 rings (SSSR count). The van der Waals surface area contributed by atoms with E-state index in [0.29, 0.717) is 16.8 Å². The maximum absolute atomic E-state index is 14.2. The van der Waals surface area contributed by atoms with Crippen molar-refractivity contribution >= 4 is 11.8 Å². The molecule has 21 heavy (non-hydrogen) atoms. The summed E-state index contributed by atoms with van der Waals surface area (Å²) in [4.78, 5) is 18.5. The fourth-order valence-electron chi connectivity index (χ4n) is 1.88. The summed E-state index contributed by atoms with van der Waals surface area (Å²) in [5, 5.41) is 0. The van der Waals surface area contributed by atoms with Crippen LogP contribution in [0.3, 0.4) is 0 Å². The van der Waals surface area contributed by atoms with Gasteiger partial charge in [0.15, 0.2) is 0 Å². The van der Waals surface area contributed by atoms with E-state index in [1.54, 1.807) is 36.7 Å². The quantitative estimate of drug-likeness (QED) is 0.877. The van der Waals surface area contributed by atoms with E-state index < -0.39 is 6.09 Å². The Morgan fingerprint density at radius 3 is 2.62 bits per heavy atom. The van der Waals surface area contributed by atoms with Gasteiger partial charge in [-0.15, -0.1) is 0 Å². The first kappa shape index (κ1) is 14.6. The Labute approximate surface area is 121 Å². The van der Waals surface area contributed by atoms with Crippen LogP contribution >= 0.6 is 0 Å². The predicted octanol–water partition coefficient (Wildman–Crippen LogP) is 2.40. The monoisotopic (exact) mass is 287 g/mol. The summed E-state index contributed by atoms with van der Waals surface area (Å²) in [6.07, 6.45) is 2.30. The van der Waals surface area contributed by atoms with Crippen LogP contribution in [-0.4, -0.2) is 30.4 Å². The number of primary amides is 1. The first-order valence-electron chi connectivity index (χ1n) is 6.20. The number of hydrogen-bond donors (Lipinski definition) is 1. The molecular weight excluding hydrogens is 273 g/mol. The average molecular weight is 287 g/mol. The molecule has 0 atom stereocenters. The van der Waals surface area contributed by atoms with E-state index in [9.17, 15) is 9.18 Å². The predicted molar refractivity (Wildman–Crippen MR) is 77.6 cm³/mol. The largest absolute Gasteiger partial charge is 0.443 e. The molecule has 0 fully saturated rings. The maximum Gasteiger partial charge on any atom is 0.404 e. The molecule has 0 aliphatic carbocycles. The first-order chi connectivity index (χ1) is 10.1. The molecule has 0 unspecified atom stereocenters. The van der Waals surface area contributed by atoms with Crippen LogP contribution in [0.1, 0.15) is 5.56 Å². The number of amides is 1. The summed E-state index contributed by atoms with van der Waals surface area (Å²) in [6.45, 7) is -0.0973. The van der Waals surface area contributed by atoms with Crippen LogP contribution in [0, 0.1) is 5.82 Å². The third-order valence-electron chi connectivity index (χ3n) is 2.91. The molecular formula is C15H14FN3O2. The van der Waals surface area contributed by atoms with E-state index >= 15 is 0 Å². The van der Waals surface area contributed by atoms with Crippen molar-refractivity contribution < 1.29 is 13.9 Å². The van der Waals surface area contributed by atoms with Gasteiger partial charge in [-0.1, -0.05) is 12.1 Å². The van der Waals surface area contributed by atoms with E-state index in [2.05, 4.69) is 14.7 Å². The van der Waals surface area contributed by atoms with Crippen molar-refractivity contribution in [2.24, 2.45) is 10.7 Å². The Kier molecular flexibility index (Phi) is 4.61. The van der Waals surface area contributed by atoms with E-state index in [4.69, 9.17) is 5.73 Å². The number of halogens is 1. The van der Waals surface area contributed by atoms with Gasteiger partial charge < -0.3 is 10.5 Å². The first-order valence-corrected chi connectivity index (χ1v) is 6.20. The van der Waals surface area contributed by atoms with Gasteiger partial charge >= 0.3 is 6.09 Å². The van der Waals surface area contributed by atoms with Crippen LogP contribution in [0.2, 0.25) is 0 Å². The van der Waals surface area contributed by atoms with Gasteiger partial charge in [-0.2, -0.15) is 0 Å². The van der Waals surface area contributed by atoms with Gasteiger partial charge in [0.25, 0.3) is 0 Å². The van der Waals surface area contributed by atoms with Gasteiger partial charge in [0.1, 0.15) is 12.4 Å². The number of nitrogens with two attached hydrogens (primary N) is 1. The standard InChI is InChI=1S/C15H14FN3O2/c1-18-14(9-21-15(17)20)11-2-3-12(13(16)8-11)10-4-6-19-7-5-10/h2-8H,9H2,1H3,(H2,17,20)/b18-14+. The number of hydrogen-bond acceptors (Lipinski definition) is 4. The van der Waals surface area contributed by atoms with Crippen LogP contribution in [0.25, 0.3) is 11.1 Å². The topological polar surface area (TPSA) is 77.6 Å². The summed E-state index contributed by atoms with van der Waals surface area (Å²) in [7, 11) is 1.54. The van der Waals surface area contributed by atoms with E-state index in [1.165, 1.54) is 13.1 Å². The van der Waals surface area contributed by atoms with E-state index in [-0.39, 0.29) is 12.4 Å². The Morgan fingerprint density at radius 1 is 1.33 bits per heavy atom. The Bertz CT molecular complexity index is 672. The molecule has 0 aliphatic heterocycles. The number of benzene rings is 1. The molecule has 2 aromatic rings. The molecule has 108 valence electrons. The lowest BCUT2D eigenvalue weighted by molar-refractivity contribution is 0.173. The van der Waals surface area contributed by atoms with E-state index in [1.807, 2.05) is 0 Å². The van der Waals surface area contributed by atoms with Crippen LogP contribution in [0.5, 0.6) is 0 Å². The lowest BCUT2D eigenvalue weighted by Gasteiger charge is -2.09. The molecule has 0 saturated carbocycles. The SMILES string of the molecule is C/N=C(\COC(N)=O)c1ccc(-c2ccncc2)c(F)c1. The summed E-state index contributed by atoms with van der Waals surface area (Å²) in [5.41, 5.74) is 7.08. The van der Waals surface area contributed by atoms with Crippen LogP contribution < -0.4 is 5.73 Å². The van der Waals surface area contributed by atoms with Crippen molar-refractivity contribution in [1.29, 1.82) is 0 Å². The smallest absolute Gasteiger partial charge is 0.404 e. The Morgan fingerprint density at radius 2 is 2.05 bits per heavy atom. The number of rotatable bonds is 4. The summed E-state index contributed by atoms with van der Waals surface area (Å²) >= 11 is 0. The van der Waals surface area contributed by atoms with Gasteiger partial charge in [-0.25, -0.2) is 9.18 Å². The van der Waals surface area contributed by atoms with Crippen molar-refractivity contribution in [3.05, 3.63) is 54.1 Å². The molecule has 1 aromatic heterocycles. The fourth-order valence-corrected chi connectivity index (χ4v) is 1.88. The summed E-state index contributed by atoms with van der Waals surface area (Å²) < 4.78 is 18.9. The number of pyridine rings is 1. The third kappa shape index (κ3) is 3.62. The number of carbonyl (C=O) groups excluding carboxylic acids is 1. The molecule has 1 heterocycles. The zero-order valence-corrected chi connectivity index (χ0v) is 11.4. The minimum Gasteiger partial charge on any atom is -0.443 e. The molecule has 0 saturated heterocycles. The number of aromatic nitrogens is 1. The highest BCUT2D eigenvalue weighted by Gasteiger charge is 2.10. The minimum atomic E-state index is -0.898. The molecule has 5 nitrogen and oxygen atoms in total. The second-order valence-corrected chi connectivity index (χ2v) is 4.21. The van der Waals surface area contributed by atoms with Crippen LogP contribution in [0.4, 0.5) is 9.18 Å². The lowest BCUT2D eigenvalue weighted by Crippen LogP contribution is -2.19. The highest BCUT2D eigenvalue weighted by atomic mass is 19.1. The van der Waals surface area contributed by atoms with Gasteiger partial charge in [-0.05, 0) is 23.8 Å². The number of nitrogens with zero attached hydrogens (tertiary/aromatic N) is 2. The second-order valence-electron chi connectivity index (χ2n) is 4.21. The van der Waals surface area contributed by atoms with Crippen molar-refractivity contribution in [2.75, 3.05) is 13.7 Å². The highest BCUT2D eigenvalue weighted by molar-refractivity contribution is 6.02. The van der Waals surface area contributed by atoms with Gasteiger partial charge in [0.05, 0.1) is 5.71 Å².